The number of anilines is 1. The number of aromatic hydroxyl groups is 1. The van der Waals surface area contributed by atoms with Crippen molar-refractivity contribution < 1.29 is 14.6 Å². The molecule has 162 valence electrons. The highest BCUT2D eigenvalue weighted by molar-refractivity contribution is 5.80. The summed E-state index contributed by atoms with van der Waals surface area (Å²) in [5, 5.41) is 13.5. The fourth-order valence-electron chi connectivity index (χ4n) is 3.57. The van der Waals surface area contributed by atoms with Gasteiger partial charge in [0, 0.05) is 32.7 Å². The molecule has 0 saturated carbocycles. The Morgan fingerprint density at radius 3 is 2.50 bits per heavy atom. The Morgan fingerprint density at radius 2 is 1.83 bits per heavy atom. The van der Waals surface area contributed by atoms with Crippen molar-refractivity contribution in [2.45, 2.75) is 20.4 Å². The second-order valence-corrected chi connectivity index (χ2v) is 7.05. The molecule has 2 aromatic rings. The maximum absolute atomic E-state index is 10.1. The zero-order valence-electron chi connectivity index (χ0n) is 18.1. The largest absolute Gasteiger partial charge is 0.506 e. The minimum Gasteiger partial charge on any atom is -0.506 e. The van der Waals surface area contributed by atoms with E-state index in [2.05, 4.69) is 22.0 Å². The molecule has 0 amide bonds. The molecule has 1 saturated heterocycles. The summed E-state index contributed by atoms with van der Waals surface area (Å²) >= 11 is 0. The average Bonchev–Trinajstić information content (AvgIpc) is 2.78. The summed E-state index contributed by atoms with van der Waals surface area (Å²) in [6.45, 7) is 9.35. The molecule has 0 unspecified atom stereocenters. The predicted octanol–water partition coefficient (Wildman–Crippen LogP) is 3.09. The molecular formula is C23H32N4O3. The van der Waals surface area contributed by atoms with Crippen LogP contribution in [0.1, 0.15) is 19.4 Å². The van der Waals surface area contributed by atoms with E-state index in [1.54, 1.807) is 13.2 Å². The first-order valence-corrected chi connectivity index (χ1v) is 10.5. The van der Waals surface area contributed by atoms with Crippen LogP contribution in [0.15, 0.2) is 47.5 Å². The highest BCUT2D eigenvalue weighted by Gasteiger charge is 2.21. The number of nitrogens with zero attached hydrogens (tertiary/aromatic N) is 3. The van der Waals surface area contributed by atoms with Gasteiger partial charge in [-0.1, -0.05) is 18.2 Å². The number of hydrogen-bond acceptors (Lipinski definition) is 5. The van der Waals surface area contributed by atoms with Gasteiger partial charge < -0.3 is 29.7 Å². The first-order valence-electron chi connectivity index (χ1n) is 10.5. The summed E-state index contributed by atoms with van der Waals surface area (Å²) in [7, 11) is 1.65. The van der Waals surface area contributed by atoms with Crippen molar-refractivity contribution in [2.75, 3.05) is 51.3 Å². The molecule has 0 radical (unpaired) electrons. The summed E-state index contributed by atoms with van der Waals surface area (Å²) in [5.41, 5.74) is 1.96. The van der Waals surface area contributed by atoms with Crippen LogP contribution in [0.5, 0.6) is 17.2 Å². The second-order valence-electron chi connectivity index (χ2n) is 7.05. The van der Waals surface area contributed by atoms with E-state index in [4.69, 9.17) is 14.5 Å². The number of phenols is 1. The van der Waals surface area contributed by atoms with E-state index in [9.17, 15) is 5.11 Å². The van der Waals surface area contributed by atoms with Crippen molar-refractivity contribution in [1.82, 2.24) is 10.2 Å². The van der Waals surface area contributed by atoms with Crippen molar-refractivity contribution in [3.05, 3.63) is 48.0 Å². The van der Waals surface area contributed by atoms with Crippen LogP contribution in [0.25, 0.3) is 0 Å². The molecule has 7 nitrogen and oxygen atoms in total. The summed E-state index contributed by atoms with van der Waals surface area (Å²) in [6.07, 6.45) is 0. The van der Waals surface area contributed by atoms with Crippen molar-refractivity contribution >= 4 is 11.6 Å². The number of phenolic OH excluding ortho intramolecular Hbond substituents is 1. The second kappa shape index (κ2) is 10.6. The zero-order chi connectivity index (χ0) is 21.3. The number of nitrogens with one attached hydrogen (secondary N) is 1. The third-order valence-corrected chi connectivity index (χ3v) is 5.08. The van der Waals surface area contributed by atoms with E-state index < -0.39 is 0 Å². The smallest absolute Gasteiger partial charge is 0.194 e. The fraction of sp³-hybridized carbons (Fsp3) is 0.435. The minimum atomic E-state index is 0.330. The van der Waals surface area contributed by atoms with Gasteiger partial charge in [0.05, 0.1) is 25.9 Å². The molecule has 1 fully saturated rings. The Kier molecular flexibility index (Phi) is 7.65. The van der Waals surface area contributed by atoms with Gasteiger partial charge in [-0.25, -0.2) is 4.99 Å². The van der Waals surface area contributed by atoms with E-state index in [0.717, 1.165) is 61.4 Å². The Bertz CT molecular complexity index is 848. The van der Waals surface area contributed by atoms with Crippen LogP contribution in [-0.2, 0) is 6.54 Å². The lowest BCUT2D eigenvalue weighted by molar-refractivity contribution is 0.310. The lowest BCUT2D eigenvalue weighted by Gasteiger charge is -2.37. The van der Waals surface area contributed by atoms with Gasteiger partial charge in [-0.3, -0.25) is 0 Å². The van der Waals surface area contributed by atoms with E-state index in [1.807, 2.05) is 43.3 Å². The van der Waals surface area contributed by atoms with Gasteiger partial charge >= 0.3 is 0 Å². The van der Waals surface area contributed by atoms with Crippen molar-refractivity contribution in [2.24, 2.45) is 4.99 Å². The van der Waals surface area contributed by atoms with E-state index in [1.165, 1.54) is 0 Å². The third kappa shape index (κ3) is 5.28. The number of methoxy groups -OCH3 is 1. The molecule has 0 bridgehead atoms. The van der Waals surface area contributed by atoms with Crippen LogP contribution in [0.4, 0.5) is 5.69 Å². The van der Waals surface area contributed by atoms with Gasteiger partial charge in [-0.15, -0.1) is 0 Å². The maximum Gasteiger partial charge on any atom is 0.194 e. The van der Waals surface area contributed by atoms with Gasteiger partial charge in [-0.05, 0) is 43.7 Å². The van der Waals surface area contributed by atoms with Crippen LogP contribution in [0.2, 0.25) is 0 Å². The highest BCUT2D eigenvalue weighted by Crippen LogP contribution is 2.29. The zero-order valence-corrected chi connectivity index (χ0v) is 18.1. The molecule has 7 heteroatoms. The van der Waals surface area contributed by atoms with Crippen LogP contribution < -0.4 is 19.7 Å². The first kappa shape index (κ1) is 21.6. The van der Waals surface area contributed by atoms with Crippen LogP contribution in [0.3, 0.4) is 0 Å². The van der Waals surface area contributed by atoms with Gasteiger partial charge in [0.2, 0.25) is 0 Å². The van der Waals surface area contributed by atoms with E-state index in [-0.39, 0.29) is 0 Å². The molecule has 1 heterocycles. The molecule has 0 atom stereocenters. The lowest BCUT2D eigenvalue weighted by Crippen LogP contribution is -2.52. The van der Waals surface area contributed by atoms with Crippen LogP contribution in [0, 0.1) is 0 Å². The number of aliphatic imine (C=N–C) groups is 1. The standard InChI is InChI=1S/C23H32N4O3/c1-4-24-23(25-17-18-10-11-21(30-5-2)22(16-18)29-3)27-14-12-26(13-15-27)19-8-6-7-9-20(19)28/h6-11,16,28H,4-5,12-15,17H2,1-3H3,(H,24,25). The first-order chi connectivity index (χ1) is 14.7. The van der Waals surface area contributed by atoms with E-state index in [0.29, 0.717) is 18.9 Å². The van der Waals surface area contributed by atoms with Crippen LogP contribution in [-0.4, -0.2) is 62.4 Å². The number of benzene rings is 2. The number of piperazine rings is 1. The SMILES string of the molecule is CCNC(=NCc1ccc(OCC)c(OC)c1)N1CCN(c2ccccc2O)CC1. The van der Waals surface area contributed by atoms with E-state index >= 15 is 0 Å². The lowest BCUT2D eigenvalue weighted by atomic mass is 10.2. The number of rotatable bonds is 7. The van der Waals surface area contributed by atoms with Gasteiger partial charge in [-0.2, -0.15) is 0 Å². The van der Waals surface area contributed by atoms with Gasteiger partial charge in [0.25, 0.3) is 0 Å². The molecule has 1 aliphatic heterocycles. The van der Waals surface area contributed by atoms with Crippen molar-refractivity contribution in [1.29, 1.82) is 0 Å². The van der Waals surface area contributed by atoms with Crippen LogP contribution >= 0.6 is 0 Å². The monoisotopic (exact) mass is 412 g/mol. The molecular weight excluding hydrogens is 380 g/mol. The van der Waals surface area contributed by atoms with Crippen molar-refractivity contribution in [3.63, 3.8) is 0 Å². The summed E-state index contributed by atoms with van der Waals surface area (Å²) in [4.78, 5) is 9.33. The normalized spacial score (nSPS) is 14.6. The maximum atomic E-state index is 10.1. The Balaban J connectivity index is 1.66. The topological polar surface area (TPSA) is 69.6 Å². The van der Waals surface area contributed by atoms with Gasteiger partial charge in [0.1, 0.15) is 5.75 Å². The molecule has 2 aromatic carbocycles. The number of hydrogen-bond donors (Lipinski definition) is 2. The average molecular weight is 413 g/mol. The number of para-hydroxylation sites is 2. The minimum absolute atomic E-state index is 0.330. The molecule has 30 heavy (non-hydrogen) atoms. The van der Waals surface area contributed by atoms with Gasteiger partial charge in [0.15, 0.2) is 17.5 Å². The molecule has 2 N–H and O–H groups in total. The number of guanidine groups is 1. The quantitative estimate of drug-likeness (QED) is 0.538. The van der Waals surface area contributed by atoms with Crippen molar-refractivity contribution in [3.8, 4) is 17.2 Å². The Morgan fingerprint density at radius 1 is 1.07 bits per heavy atom. The predicted molar refractivity (Wildman–Crippen MR) is 121 cm³/mol. The fourth-order valence-corrected chi connectivity index (χ4v) is 3.57. The summed E-state index contributed by atoms with van der Waals surface area (Å²) < 4.78 is 11.0. The molecule has 0 aliphatic carbocycles. The number of ether oxygens (including phenoxy) is 2. The molecule has 1 aliphatic rings. The summed E-state index contributed by atoms with van der Waals surface area (Å²) in [6, 6.07) is 13.4. The Labute approximate surface area is 178 Å². The molecule has 0 spiro atoms. The summed E-state index contributed by atoms with van der Waals surface area (Å²) in [5.74, 6) is 2.71. The Hall–Kier alpha value is -3.09. The third-order valence-electron chi connectivity index (χ3n) is 5.08. The molecule has 3 rings (SSSR count). The molecule has 0 aromatic heterocycles. The highest BCUT2D eigenvalue weighted by atomic mass is 16.5.